The van der Waals surface area contributed by atoms with E-state index < -0.39 is 35.1 Å². The van der Waals surface area contributed by atoms with Crippen LogP contribution in [0.15, 0.2) is 60.7 Å². The summed E-state index contributed by atoms with van der Waals surface area (Å²) in [5, 5.41) is 16.1. The second-order valence-corrected chi connectivity index (χ2v) is 9.28. The first kappa shape index (κ1) is 24.2. The topological polar surface area (TPSA) is 86.3 Å². The van der Waals surface area contributed by atoms with Crippen LogP contribution in [0, 0.1) is 5.82 Å². The van der Waals surface area contributed by atoms with E-state index in [1.165, 1.54) is 33.5 Å². The van der Waals surface area contributed by atoms with Crippen molar-refractivity contribution in [3.8, 4) is 17.2 Å². The summed E-state index contributed by atoms with van der Waals surface area (Å²) in [5.74, 6) is 0.0759. The molecule has 0 unspecified atom stereocenters. The van der Waals surface area contributed by atoms with Gasteiger partial charge in [0.05, 0.1) is 32.9 Å². The molecular weight excluding hydrogens is 489 g/mol. The number of halogens is 2. The maximum absolute atomic E-state index is 14.4. The first-order chi connectivity index (χ1) is 17.3. The number of hydrogen-bond donors (Lipinski definition) is 2. The quantitative estimate of drug-likeness (QED) is 0.505. The minimum Gasteiger partial charge on any atom is -0.496 e. The number of benzene rings is 3. The number of carbonyl (C=O) groups is 1. The van der Waals surface area contributed by atoms with Gasteiger partial charge in [-0.15, -0.1) is 0 Å². The molecule has 9 heteroatoms. The number of methoxy groups -OCH3 is 3. The summed E-state index contributed by atoms with van der Waals surface area (Å²) in [5.41, 5.74) is -1.80. The molecule has 2 N–H and O–H groups in total. The van der Waals surface area contributed by atoms with Crippen LogP contribution in [0.3, 0.4) is 0 Å². The van der Waals surface area contributed by atoms with E-state index >= 15 is 0 Å². The van der Waals surface area contributed by atoms with Gasteiger partial charge in [0.25, 0.3) is 0 Å². The average molecular weight is 514 g/mol. The molecule has 1 heterocycles. The molecule has 3 aromatic carbocycles. The third-order valence-electron chi connectivity index (χ3n) is 7.18. The van der Waals surface area contributed by atoms with Gasteiger partial charge in [0.15, 0.2) is 11.2 Å². The molecule has 0 radical (unpaired) electrons. The molecule has 1 saturated carbocycles. The van der Waals surface area contributed by atoms with Crippen molar-refractivity contribution in [1.29, 1.82) is 0 Å². The highest BCUT2D eigenvalue weighted by Crippen LogP contribution is 2.68. The Bertz CT molecular complexity index is 1320. The lowest BCUT2D eigenvalue weighted by Gasteiger charge is -2.41. The fourth-order valence-electron chi connectivity index (χ4n) is 5.72. The Balaban J connectivity index is 1.84. The van der Waals surface area contributed by atoms with Gasteiger partial charge in [0.2, 0.25) is 0 Å². The van der Waals surface area contributed by atoms with Gasteiger partial charge >= 0.3 is 6.09 Å². The van der Waals surface area contributed by atoms with E-state index in [2.05, 4.69) is 5.32 Å². The predicted octanol–water partition coefficient (Wildman–Crippen LogP) is 4.88. The van der Waals surface area contributed by atoms with Crippen LogP contribution < -0.4 is 19.5 Å². The summed E-state index contributed by atoms with van der Waals surface area (Å²) in [6.07, 6.45) is -0.508. The van der Waals surface area contributed by atoms with Crippen molar-refractivity contribution < 1.29 is 33.2 Å². The molecule has 36 heavy (non-hydrogen) atoms. The monoisotopic (exact) mass is 513 g/mol. The molecule has 0 bridgehead atoms. The number of nitrogens with one attached hydrogen (secondary N) is 1. The highest BCUT2D eigenvalue weighted by Gasteiger charge is 2.74. The third-order valence-corrected chi connectivity index (χ3v) is 7.43. The number of amides is 1. The van der Waals surface area contributed by atoms with Crippen LogP contribution >= 0.6 is 11.6 Å². The van der Waals surface area contributed by atoms with E-state index in [9.17, 15) is 14.3 Å². The Kier molecular flexibility index (Phi) is 5.97. The summed E-state index contributed by atoms with van der Waals surface area (Å²) in [4.78, 5) is 12.4. The summed E-state index contributed by atoms with van der Waals surface area (Å²) < 4.78 is 37.1. The van der Waals surface area contributed by atoms with E-state index in [1.54, 1.807) is 48.5 Å². The fourth-order valence-corrected chi connectivity index (χ4v) is 5.84. The van der Waals surface area contributed by atoms with Gasteiger partial charge in [-0.05, 0) is 41.8 Å². The van der Waals surface area contributed by atoms with Gasteiger partial charge in [-0.3, -0.25) is 0 Å². The molecule has 1 amide bonds. The zero-order valence-electron chi connectivity index (χ0n) is 19.9. The number of rotatable bonds is 5. The van der Waals surface area contributed by atoms with E-state index in [0.29, 0.717) is 39.0 Å². The largest absolute Gasteiger partial charge is 0.496 e. The van der Waals surface area contributed by atoms with Gasteiger partial charge < -0.3 is 29.4 Å². The normalized spacial score (nSPS) is 25.9. The van der Waals surface area contributed by atoms with Crippen LogP contribution in [0.5, 0.6) is 17.2 Å². The van der Waals surface area contributed by atoms with Crippen molar-refractivity contribution in [3.63, 3.8) is 0 Å². The lowest BCUT2D eigenvalue weighted by molar-refractivity contribution is -0.117. The Hall–Kier alpha value is -3.49. The maximum Gasteiger partial charge on any atom is 0.407 e. The second-order valence-electron chi connectivity index (χ2n) is 8.85. The number of fused-ring (bicyclic) bond motifs is 3. The first-order valence-electron chi connectivity index (χ1n) is 11.3. The summed E-state index contributed by atoms with van der Waals surface area (Å²) in [7, 11) is 4.23. The van der Waals surface area contributed by atoms with Crippen LogP contribution in [0.2, 0.25) is 5.02 Å². The first-order valence-corrected chi connectivity index (χ1v) is 11.7. The van der Waals surface area contributed by atoms with Crippen LogP contribution in [0.4, 0.5) is 9.18 Å². The highest BCUT2D eigenvalue weighted by molar-refractivity contribution is 6.30. The number of alkyl carbamates (subject to hydrolysis) is 1. The van der Waals surface area contributed by atoms with Crippen molar-refractivity contribution >= 4 is 17.7 Å². The van der Waals surface area contributed by atoms with E-state index in [0.717, 1.165) is 0 Å². The Morgan fingerprint density at radius 3 is 2.50 bits per heavy atom. The number of carbonyl (C=O) groups excluding carboxylic acids is 1. The standard InChI is InChI=1S/C27H25ClFNO6/c1-33-19-12-21(34-2)24-22(13-19)36-27(16-7-9-17(28)10-8-16)20(15-5-4-6-18(29)11-15)14-23(26(24,27)32)30-25(31)35-3/h4-13,20,23,32H,14H2,1-3H3,(H,30,31)/t20-,23-,26+,27-/m0/s1. The fraction of sp³-hybridized carbons (Fsp3) is 0.296. The zero-order valence-corrected chi connectivity index (χ0v) is 20.6. The molecule has 5 rings (SSSR count). The predicted molar refractivity (Wildman–Crippen MR) is 130 cm³/mol. The van der Waals surface area contributed by atoms with Crippen molar-refractivity contribution in [2.45, 2.75) is 29.6 Å². The minimum atomic E-state index is -1.85. The number of aliphatic hydroxyl groups is 1. The molecule has 0 spiro atoms. The summed E-state index contributed by atoms with van der Waals surface area (Å²) >= 11 is 6.20. The minimum absolute atomic E-state index is 0.215. The molecule has 0 aromatic heterocycles. The lowest BCUT2D eigenvalue weighted by atomic mass is 9.71. The van der Waals surface area contributed by atoms with Crippen molar-refractivity contribution in [2.24, 2.45) is 0 Å². The van der Waals surface area contributed by atoms with Gasteiger partial charge in [0.1, 0.15) is 23.1 Å². The van der Waals surface area contributed by atoms with Crippen molar-refractivity contribution in [1.82, 2.24) is 5.32 Å². The van der Waals surface area contributed by atoms with Crippen LogP contribution in [0.1, 0.15) is 29.0 Å². The Labute approximate surface area is 212 Å². The molecular formula is C27H25ClFNO6. The van der Waals surface area contributed by atoms with Gasteiger partial charge in [-0.1, -0.05) is 35.9 Å². The van der Waals surface area contributed by atoms with Crippen LogP contribution in [0.25, 0.3) is 0 Å². The molecule has 3 aromatic rings. The molecule has 1 aliphatic carbocycles. The smallest absolute Gasteiger partial charge is 0.407 e. The summed E-state index contributed by atoms with van der Waals surface area (Å²) in [6, 6.07) is 15.5. The van der Waals surface area contributed by atoms with E-state index in [-0.39, 0.29) is 6.42 Å². The van der Waals surface area contributed by atoms with Crippen LogP contribution in [-0.2, 0) is 15.9 Å². The molecule has 2 aliphatic rings. The number of ether oxygens (including phenoxy) is 4. The van der Waals surface area contributed by atoms with Crippen molar-refractivity contribution in [3.05, 3.63) is 88.2 Å². The second kappa shape index (κ2) is 8.87. The molecule has 7 nitrogen and oxygen atoms in total. The molecule has 4 atom stereocenters. The third kappa shape index (κ3) is 3.39. The molecule has 1 aliphatic heterocycles. The van der Waals surface area contributed by atoms with Gasteiger partial charge in [-0.25, -0.2) is 9.18 Å². The molecule has 1 fully saturated rings. The zero-order chi connectivity index (χ0) is 25.7. The Morgan fingerprint density at radius 1 is 1.11 bits per heavy atom. The van der Waals surface area contributed by atoms with E-state index in [4.69, 9.17) is 30.5 Å². The SMILES string of the molecule is COC(=O)N[C@H]1C[C@@H](c2cccc(F)c2)[C@]2(c3ccc(Cl)cc3)Oc3cc(OC)cc(OC)c3[C@]12O. The van der Waals surface area contributed by atoms with E-state index in [1.807, 2.05) is 0 Å². The van der Waals surface area contributed by atoms with Gasteiger partial charge in [0, 0.05) is 23.1 Å². The highest BCUT2D eigenvalue weighted by atomic mass is 35.5. The number of hydrogen-bond acceptors (Lipinski definition) is 6. The lowest BCUT2D eigenvalue weighted by Crippen LogP contribution is -2.56. The summed E-state index contributed by atoms with van der Waals surface area (Å²) in [6.45, 7) is 0. The Morgan fingerprint density at radius 2 is 1.86 bits per heavy atom. The van der Waals surface area contributed by atoms with Gasteiger partial charge in [-0.2, -0.15) is 0 Å². The maximum atomic E-state index is 14.4. The average Bonchev–Trinajstić information content (AvgIpc) is 3.29. The van der Waals surface area contributed by atoms with Crippen LogP contribution in [-0.4, -0.2) is 38.6 Å². The molecule has 0 saturated heterocycles. The van der Waals surface area contributed by atoms with Crippen molar-refractivity contribution in [2.75, 3.05) is 21.3 Å². The molecule has 188 valence electrons.